The SMILES string of the molecule is Cn1cc(C(Nc2ncns2)C(=O)O)cn1. The first kappa shape index (κ1) is 10.6. The molecular weight excluding hydrogens is 230 g/mol. The van der Waals surface area contributed by atoms with Crippen molar-refractivity contribution >= 4 is 22.6 Å². The van der Waals surface area contributed by atoms with Gasteiger partial charge in [-0.15, -0.1) is 0 Å². The molecular formula is C8H9N5O2S. The zero-order valence-electron chi connectivity index (χ0n) is 8.36. The molecule has 0 aliphatic carbocycles. The summed E-state index contributed by atoms with van der Waals surface area (Å²) in [5.41, 5.74) is 0.574. The summed E-state index contributed by atoms with van der Waals surface area (Å²) in [5.74, 6) is -0.983. The summed E-state index contributed by atoms with van der Waals surface area (Å²) in [6.07, 6.45) is 4.52. The van der Waals surface area contributed by atoms with Gasteiger partial charge in [0.2, 0.25) is 5.13 Å². The van der Waals surface area contributed by atoms with Crippen molar-refractivity contribution in [2.45, 2.75) is 6.04 Å². The molecule has 7 nitrogen and oxygen atoms in total. The van der Waals surface area contributed by atoms with Gasteiger partial charge in [-0.25, -0.2) is 9.78 Å². The van der Waals surface area contributed by atoms with Gasteiger partial charge in [-0.2, -0.15) is 9.47 Å². The van der Waals surface area contributed by atoms with E-state index in [9.17, 15) is 4.79 Å². The highest BCUT2D eigenvalue weighted by atomic mass is 32.1. The van der Waals surface area contributed by atoms with Crippen LogP contribution < -0.4 is 5.32 Å². The van der Waals surface area contributed by atoms with E-state index in [1.165, 1.54) is 12.5 Å². The average Bonchev–Trinajstić information content (AvgIpc) is 2.84. The van der Waals surface area contributed by atoms with Crippen molar-refractivity contribution in [3.63, 3.8) is 0 Å². The Balaban J connectivity index is 2.21. The maximum atomic E-state index is 11.1. The molecule has 1 unspecified atom stereocenters. The van der Waals surface area contributed by atoms with Gasteiger partial charge < -0.3 is 10.4 Å². The summed E-state index contributed by atoms with van der Waals surface area (Å²) in [5, 5.41) is 16.3. The first-order valence-electron chi connectivity index (χ1n) is 4.41. The second-order valence-electron chi connectivity index (χ2n) is 3.11. The lowest BCUT2D eigenvalue weighted by molar-refractivity contribution is -0.138. The molecule has 0 fully saturated rings. The van der Waals surface area contributed by atoms with Gasteiger partial charge in [0, 0.05) is 30.3 Å². The molecule has 0 aliphatic rings. The Morgan fingerprint density at radius 1 is 1.69 bits per heavy atom. The molecule has 2 rings (SSSR count). The molecule has 2 aromatic rings. The Morgan fingerprint density at radius 3 is 3.00 bits per heavy atom. The van der Waals surface area contributed by atoms with Crippen LogP contribution in [0.25, 0.3) is 0 Å². The lowest BCUT2D eigenvalue weighted by atomic mass is 10.2. The van der Waals surface area contributed by atoms with Crippen molar-refractivity contribution in [3.8, 4) is 0 Å². The van der Waals surface area contributed by atoms with E-state index in [0.717, 1.165) is 11.5 Å². The smallest absolute Gasteiger partial charge is 0.331 e. The minimum absolute atomic E-state index is 0.469. The van der Waals surface area contributed by atoms with E-state index < -0.39 is 12.0 Å². The summed E-state index contributed by atoms with van der Waals surface area (Å²) in [4.78, 5) is 15.0. The van der Waals surface area contributed by atoms with Gasteiger partial charge in [0.05, 0.1) is 6.20 Å². The number of carboxylic acid groups (broad SMARTS) is 1. The number of nitrogens with one attached hydrogen (secondary N) is 1. The van der Waals surface area contributed by atoms with Crippen LogP contribution in [0.2, 0.25) is 0 Å². The van der Waals surface area contributed by atoms with Crippen LogP contribution in [0.4, 0.5) is 5.13 Å². The highest BCUT2D eigenvalue weighted by Gasteiger charge is 2.22. The topological polar surface area (TPSA) is 92.9 Å². The molecule has 84 valence electrons. The third-order valence-corrected chi connectivity index (χ3v) is 2.53. The fourth-order valence-corrected chi connectivity index (χ4v) is 1.70. The number of nitrogens with zero attached hydrogens (tertiary/aromatic N) is 4. The van der Waals surface area contributed by atoms with Gasteiger partial charge in [-0.3, -0.25) is 4.68 Å². The number of anilines is 1. The molecule has 0 saturated carbocycles. The first-order valence-corrected chi connectivity index (χ1v) is 5.18. The van der Waals surface area contributed by atoms with E-state index in [4.69, 9.17) is 5.11 Å². The van der Waals surface area contributed by atoms with Crippen molar-refractivity contribution in [1.82, 2.24) is 19.1 Å². The molecule has 0 bridgehead atoms. The van der Waals surface area contributed by atoms with Gasteiger partial charge >= 0.3 is 5.97 Å². The fraction of sp³-hybridized carbons (Fsp3) is 0.250. The number of carbonyl (C=O) groups is 1. The van der Waals surface area contributed by atoms with Crippen LogP contribution in [-0.4, -0.2) is 30.2 Å². The number of aromatic nitrogens is 4. The van der Waals surface area contributed by atoms with Gasteiger partial charge in [-0.05, 0) is 0 Å². The monoisotopic (exact) mass is 239 g/mol. The van der Waals surface area contributed by atoms with E-state index in [0.29, 0.717) is 10.7 Å². The maximum Gasteiger partial charge on any atom is 0.331 e. The van der Waals surface area contributed by atoms with Crippen LogP contribution in [0.3, 0.4) is 0 Å². The molecule has 0 radical (unpaired) electrons. The standard InChI is InChI=1S/C8H9N5O2S/c1-13-3-5(2-10-13)6(7(14)15)12-8-9-4-11-16-8/h2-4,6H,1H3,(H,14,15)(H,9,11,12). The first-order chi connectivity index (χ1) is 7.66. The van der Waals surface area contributed by atoms with Crippen molar-refractivity contribution in [2.24, 2.45) is 7.05 Å². The quantitative estimate of drug-likeness (QED) is 0.807. The lowest BCUT2D eigenvalue weighted by Gasteiger charge is -2.10. The number of hydrogen-bond acceptors (Lipinski definition) is 6. The van der Waals surface area contributed by atoms with Crippen LogP contribution >= 0.6 is 11.5 Å². The summed E-state index contributed by atoms with van der Waals surface area (Å²) in [7, 11) is 1.73. The Bertz CT molecular complexity index is 480. The molecule has 0 aromatic carbocycles. The minimum Gasteiger partial charge on any atom is -0.479 e. The van der Waals surface area contributed by atoms with Crippen LogP contribution in [0, 0.1) is 0 Å². The molecule has 2 N–H and O–H groups in total. The lowest BCUT2D eigenvalue weighted by Crippen LogP contribution is -2.19. The number of aryl methyl sites for hydroxylation is 1. The van der Waals surface area contributed by atoms with E-state index in [-0.39, 0.29) is 0 Å². The summed E-state index contributed by atoms with van der Waals surface area (Å²) >= 11 is 1.11. The van der Waals surface area contributed by atoms with Gasteiger partial charge in [-0.1, -0.05) is 0 Å². The average molecular weight is 239 g/mol. The van der Waals surface area contributed by atoms with E-state index in [1.54, 1.807) is 17.9 Å². The van der Waals surface area contributed by atoms with Crippen molar-refractivity contribution in [2.75, 3.05) is 5.32 Å². The third kappa shape index (κ3) is 2.16. The van der Waals surface area contributed by atoms with Gasteiger partial charge in [0.1, 0.15) is 6.33 Å². The Hall–Kier alpha value is -1.96. The number of carboxylic acids is 1. The predicted octanol–water partition coefficient (Wildman–Crippen LogP) is 0.509. The largest absolute Gasteiger partial charge is 0.479 e. The Labute approximate surface area is 94.9 Å². The number of aliphatic carboxylic acids is 1. The molecule has 0 saturated heterocycles. The Kier molecular flexibility index (Phi) is 2.82. The van der Waals surface area contributed by atoms with Crippen LogP contribution in [-0.2, 0) is 11.8 Å². The molecule has 16 heavy (non-hydrogen) atoms. The summed E-state index contributed by atoms with van der Waals surface area (Å²) < 4.78 is 5.34. The third-order valence-electron chi connectivity index (χ3n) is 1.93. The summed E-state index contributed by atoms with van der Waals surface area (Å²) in [6.45, 7) is 0. The van der Waals surface area contributed by atoms with Gasteiger partial charge in [0.25, 0.3) is 0 Å². The maximum absolute atomic E-state index is 11.1. The molecule has 2 heterocycles. The van der Waals surface area contributed by atoms with Crippen molar-refractivity contribution in [3.05, 3.63) is 24.3 Å². The second-order valence-corrected chi connectivity index (χ2v) is 3.89. The number of rotatable bonds is 4. The normalized spacial score (nSPS) is 12.3. The molecule has 1 atom stereocenters. The predicted molar refractivity (Wildman–Crippen MR) is 57.1 cm³/mol. The molecule has 0 amide bonds. The Morgan fingerprint density at radius 2 is 2.50 bits per heavy atom. The molecule has 0 spiro atoms. The van der Waals surface area contributed by atoms with Crippen molar-refractivity contribution in [1.29, 1.82) is 0 Å². The zero-order valence-corrected chi connectivity index (χ0v) is 9.18. The molecule has 0 aliphatic heterocycles. The summed E-state index contributed by atoms with van der Waals surface area (Å²) in [6, 6.07) is -0.860. The van der Waals surface area contributed by atoms with Crippen LogP contribution in [0.15, 0.2) is 18.7 Å². The van der Waals surface area contributed by atoms with Gasteiger partial charge in [0.15, 0.2) is 6.04 Å². The van der Waals surface area contributed by atoms with E-state index in [1.807, 2.05) is 0 Å². The van der Waals surface area contributed by atoms with Crippen LogP contribution in [0.1, 0.15) is 11.6 Å². The minimum atomic E-state index is -0.983. The second kappa shape index (κ2) is 4.27. The fourth-order valence-electron chi connectivity index (χ4n) is 1.24. The van der Waals surface area contributed by atoms with Crippen LogP contribution in [0.5, 0.6) is 0 Å². The number of hydrogen-bond donors (Lipinski definition) is 2. The van der Waals surface area contributed by atoms with Crippen molar-refractivity contribution < 1.29 is 9.90 Å². The highest BCUT2D eigenvalue weighted by Crippen LogP contribution is 2.19. The zero-order chi connectivity index (χ0) is 11.5. The van der Waals surface area contributed by atoms with E-state index in [2.05, 4.69) is 19.8 Å². The van der Waals surface area contributed by atoms with E-state index >= 15 is 0 Å². The molecule has 8 heteroatoms. The molecule has 2 aromatic heterocycles. The highest BCUT2D eigenvalue weighted by molar-refractivity contribution is 7.09.